The highest BCUT2D eigenvalue weighted by atomic mass is 79.9. The van der Waals surface area contributed by atoms with E-state index in [1.165, 1.54) is 0 Å². The lowest BCUT2D eigenvalue weighted by Crippen LogP contribution is -2.39. The molecule has 1 aromatic carbocycles. The third kappa shape index (κ3) is 4.81. The maximum absolute atomic E-state index is 11.9. The summed E-state index contributed by atoms with van der Waals surface area (Å²) in [5.74, 6) is 1.09. The van der Waals surface area contributed by atoms with E-state index in [2.05, 4.69) is 27.2 Å². The average molecular weight is 346 g/mol. The zero-order chi connectivity index (χ0) is 14.4. The number of urea groups is 1. The van der Waals surface area contributed by atoms with Gasteiger partial charge in [0.25, 0.3) is 0 Å². The summed E-state index contributed by atoms with van der Waals surface area (Å²) in [5, 5.41) is 11.8. The van der Waals surface area contributed by atoms with Gasteiger partial charge in [-0.3, -0.25) is 4.79 Å². The second-order valence-electron chi connectivity index (χ2n) is 3.51. The third-order valence-electron chi connectivity index (χ3n) is 2.07. The van der Waals surface area contributed by atoms with Crippen molar-refractivity contribution in [3.8, 4) is 12.3 Å². The number of nitrogens with zero attached hydrogens (tertiary/aromatic N) is 1. The Hall–Kier alpha value is -1.71. The predicted molar refractivity (Wildman–Crippen MR) is 76.2 cm³/mol. The second-order valence-corrected chi connectivity index (χ2v) is 4.80. The molecule has 0 unspecified atom stereocenters. The van der Waals surface area contributed by atoms with Crippen LogP contribution in [0.5, 0.6) is 0 Å². The van der Waals surface area contributed by atoms with Gasteiger partial charge in [-0.1, -0.05) is 17.5 Å². The molecule has 0 radical (unpaired) electrons. The van der Waals surface area contributed by atoms with Crippen LogP contribution in [-0.2, 0) is 4.79 Å². The Morgan fingerprint density at radius 2 is 2.21 bits per heavy atom. The first-order chi connectivity index (χ1) is 8.93. The van der Waals surface area contributed by atoms with Crippen LogP contribution in [0.4, 0.5) is 10.5 Å². The number of hydrogen-bond acceptors (Lipinski definition) is 2. The van der Waals surface area contributed by atoms with Crippen LogP contribution in [0.2, 0.25) is 5.02 Å². The molecular weight excluding hydrogens is 336 g/mol. The number of benzene rings is 1. The highest BCUT2D eigenvalue weighted by Crippen LogP contribution is 2.26. The summed E-state index contributed by atoms with van der Waals surface area (Å²) >= 11 is 9.02. The number of hydrogen-bond donors (Lipinski definition) is 2. The highest BCUT2D eigenvalue weighted by Gasteiger charge is 2.16. The van der Waals surface area contributed by atoms with Crippen molar-refractivity contribution in [1.29, 1.82) is 0 Å². The molecule has 1 rings (SSSR count). The van der Waals surface area contributed by atoms with Crippen LogP contribution in [-0.4, -0.2) is 35.1 Å². The summed E-state index contributed by atoms with van der Waals surface area (Å²) < 4.78 is 0.587. The van der Waals surface area contributed by atoms with Crippen LogP contribution < -0.4 is 5.32 Å². The van der Waals surface area contributed by atoms with Crippen LogP contribution in [0.25, 0.3) is 0 Å². The SMILES string of the molecule is C#CCN(CC(=O)O)C(=O)Nc1ccc(Cl)cc1Br. The van der Waals surface area contributed by atoms with Crippen molar-refractivity contribution >= 4 is 45.2 Å². The molecule has 19 heavy (non-hydrogen) atoms. The molecule has 0 aromatic heterocycles. The van der Waals surface area contributed by atoms with E-state index in [4.69, 9.17) is 23.1 Å². The summed E-state index contributed by atoms with van der Waals surface area (Å²) in [6.45, 7) is -0.565. The first kappa shape index (κ1) is 15.3. The van der Waals surface area contributed by atoms with E-state index < -0.39 is 18.5 Å². The molecular formula is C12H10BrClN2O3. The smallest absolute Gasteiger partial charge is 0.323 e. The normalized spacial score (nSPS) is 9.53. The van der Waals surface area contributed by atoms with Gasteiger partial charge < -0.3 is 15.3 Å². The topological polar surface area (TPSA) is 69.6 Å². The first-order valence-corrected chi connectivity index (χ1v) is 6.27. The number of carbonyl (C=O) groups is 2. The number of terminal acetylenes is 1. The number of carboxylic acid groups (broad SMARTS) is 1. The minimum absolute atomic E-state index is 0.0939. The molecule has 0 aliphatic rings. The molecule has 7 heteroatoms. The second kappa shape index (κ2) is 7.02. The van der Waals surface area contributed by atoms with Crippen molar-refractivity contribution < 1.29 is 14.7 Å². The molecule has 2 N–H and O–H groups in total. The fraction of sp³-hybridized carbons (Fsp3) is 0.167. The number of carboxylic acids is 1. The number of carbonyl (C=O) groups excluding carboxylic acids is 1. The fourth-order valence-corrected chi connectivity index (χ4v) is 2.04. The van der Waals surface area contributed by atoms with E-state index >= 15 is 0 Å². The Morgan fingerprint density at radius 1 is 1.53 bits per heavy atom. The summed E-state index contributed by atoms with van der Waals surface area (Å²) in [6.07, 6.45) is 5.09. The Bertz CT molecular complexity index is 542. The van der Waals surface area contributed by atoms with E-state index in [1.54, 1.807) is 18.2 Å². The van der Waals surface area contributed by atoms with E-state index in [-0.39, 0.29) is 6.54 Å². The first-order valence-electron chi connectivity index (χ1n) is 5.10. The van der Waals surface area contributed by atoms with Gasteiger partial charge in [-0.2, -0.15) is 0 Å². The van der Waals surface area contributed by atoms with E-state index in [0.29, 0.717) is 15.2 Å². The van der Waals surface area contributed by atoms with Gasteiger partial charge in [-0.05, 0) is 34.1 Å². The summed E-state index contributed by atoms with van der Waals surface area (Å²) in [7, 11) is 0. The lowest BCUT2D eigenvalue weighted by molar-refractivity contribution is -0.137. The maximum atomic E-state index is 11.9. The van der Waals surface area contributed by atoms with Gasteiger partial charge in [0.15, 0.2) is 0 Å². The summed E-state index contributed by atoms with van der Waals surface area (Å²) in [5.41, 5.74) is 0.474. The molecule has 0 aliphatic heterocycles. The Balaban J connectivity index is 2.81. The van der Waals surface area contributed by atoms with E-state index in [1.807, 2.05) is 0 Å². The van der Waals surface area contributed by atoms with Crippen molar-refractivity contribution in [2.45, 2.75) is 0 Å². The van der Waals surface area contributed by atoms with Crippen LogP contribution in [0.15, 0.2) is 22.7 Å². The van der Waals surface area contributed by atoms with Crippen molar-refractivity contribution in [1.82, 2.24) is 4.90 Å². The highest BCUT2D eigenvalue weighted by molar-refractivity contribution is 9.10. The Labute approximate surface area is 123 Å². The fourth-order valence-electron chi connectivity index (χ4n) is 1.26. The van der Waals surface area contributed by atoms with Crippen LogP contribution in [0.1, 0.15) is 0 Å². The largest absolute Gasteiger partial charge is 0.480 e. The minimum atomic E-state index is -1.14. The average Bonchev–Trinajstić information content (AvgIpc) is 2.31. The minimum Gasteiger partial charge on any atom is -0.480 e. The van der Waals surface area contributed by atoms with Crippen LogP contribution >= 0.6 is 27.5 Å². The zero-order valence-electron chi connectivity index (χ0n) is 9.69. The molecule has 100 valence electrons. The number of anilines is 1. The molecule has 1 aromatic rings. The van der Waals surface area contributed by atoms with Gasteiger partial charge in [0, 0.05) is 9.50 Å². The molecule has 0 atom stereocenters. The quantitative estimate of drug-likeness (QED) is 0.824. The van der Waals surface area contributed by atoms with Crippen molar-refractivity contribution in [2.75, 3.05) is 18.4 Å². The standard InChI is InChI=1S/C12H10BrClN2O3/c1-2-5-16(7-11(17)18)12(19)15-10-4-3-8(14)6-9(10)13/h1,3-4,6H,5,7H2,(H,15,19)(H,17,18). The maximum Gasteiger partial charge on any atom is 0.323 e. The molecule has 0 saturated heterocycles. The van der Waals surface area contributed by atoms with E-state index in [9.17, 15) is 9.59 Å². The van der Waals surface area contributed by atoms with Gasteiger partial charge in [-0.25, -0.2) is 4.79 Å². The lowest BCUT2D eigenvalue weighted by Gasteiger charge is -2.19. The number of rotatable bonds is 4. The van der Waals surface area contributed by atoms with Gasteiger partial charge >= 0.3 is 12.0 Å². The molecule has 0 bridgehead atoms. The lowest BCUT2D eigenvalue weighted by atomic mass is 10.3. The number of amides is 2. The van der Waals surface area contributed by atoms with Crippen LogP contribution in [0.3, 0.4) is 0 Å². The van der Waals surface area contributed by atoms with Gasteiger partial charge in [0.1, 0.15) is 6.54 Å². The number of nitrogens with one attached hydrogen (secondary N) is 1. The van der Waals surface area contributed by atoms with Gasteiger partial charge in [0.2, 0.25) is 0 Å². The third-order valence-corrected chi connectivity index (χ3v) is 2.96. The molecule has 0 saturated carbocycles. The number of halogens is 2. The van der Waals surface area contributed by atoms with Crippen molar-refractivity contribution in [3.63, 3.8) is 0 Å². The summed E-state index contributed by atoms with van der Waals surface area (Å²) in [4.78, 5) is 23.5. The van der Waals surface area contributed by atoms with Gasteiger partial charge in [0.05, 0.1) is 12.2 Å². The monoisotopic (exact) mass is 344 g/mol. The molecule has 5 nitrogen and oxygen atoms in total. The Kier molecular flexibility index (Phi) is 5.67. The van der Waals surface area contributed by atoms with Crippen LogP contribution in [0, 0.1) is 12.3 Å². The van der Waals surface area contributed by atoms with Crippen molar-refractivity contribution in [3.05, 3.63) is 27.7 Å². The molecule has 0 aliphatic carbocycles. The van der Waals surface area contributed by atoms with Crippen molar-refractivity contribution in [2.24, 2.45) is 0 Å². The molecule has 0 spiro atoms. The molecule has 2 amide bonds. The zero-order valence-corrected chi connectivity index (χ0v) is 12.0. The predicted octanol–water partition coefficient (Wildman–Crippen LogP) is 2.65. The molecule has 0 fully saturated rings. The van der Waals surface area contributed by atoms with Gasteiger partial charge in [-0.15, -0.1) is 6.42 Å². The Morgan fingerprint density at radius 3 is 2.74 bits per heavy atom. The number of aliphatic carboxylic acids is 1. The summed E-state index contributed by atoms with van der Waals surface area (Å²) in [6, 6.07) is 4.22. The van der Waals surface area contributed by atoms with E-state index in [0.717, 1.165) is 4.90 Å². The molecule has 0 heterocycles.